The molecule has 1 N–H and O–H groups in total. The molecule has 29 heavy (non-hydrogen) atoms. The van der Waals surface area contributed by atoms with Gasteiger partial charge in [0.1, 0.15) is 6.04 Å². The van der Waals surface area contributed by atoms with Gasteiger partial charge < -0.3 is 10.1 Å². The number of likely N-dealkylation sites (N-methyl/N-ethyl adjacent to an activating group) is 1. The summed E-state index contributed by atoms with van der Waals surface area (Å²) in [6.45, 7) is 4.00. The Morgan fingerprint density at radius 2 is 1.62 bits per heavy atom. The van der Waals surface area contributed by atoms with Crippen LogP contribution in [0.5, 0.6) is 5.75 Å². The van der Waals surface area contributed by atoms with E-state index in [0.717, 1.165) is 12.8 Å². The predicted octanol–water partition coefficient (Wildman–Crippen LogP) is 3.30. The minimum Gasteiger partial charge on any atom is -0.418 e. The normalized spacial score (nSPS) is 19.5. The molecule has 1 aromatic carbocycles. The molecule has 1 aliphatic heterocycles. The molecular formula is C19H23F5N2O3. The van der Waals surface area contributed by atoms with Gasteiger partial charge in [0.05, 0.1) is 6.04 Å². The summed E-state index contributed by atoms with van der Waals surface area (Å²) in [7, 11) is 1.76. The molecule has 3 atom stereocenters. The number of likely N-dealkylation sites (tertiary alicyclic amines) is 1. The van der Waals surface area contributed by atoms with Crippen molar-refractivity contribution in [3.63, 3.8) is 0 Å². The number of benzene rings is 1. The van der Waals surface area contributed by atoms with Gasteiger partial charge in [0.25, 0.3) is 0 Å². The summed E-state index contributed by atoms with van der Waals surface area (Å²) >= 11 is 0. The Kier molecular flexibility index (Phi) is 7.56. The number of carbonyl (C=O) groups excluding carboxylic acids is 2. The van der Waals surface area contributed by atoms with E-state index in [1.165, 1.54) is 0 Å². The van der Waals surface area contributed by atoms with Crippen LogP contribution in [0.3, 0.4) is 0 Å². The summed E-state index contributed by atoms with van der Waals surface area (Å²) < 4.78 is 72.0. The van der Waals surface area contributed by atoms with Crippen molar-refractivity contribution in [3.8, 4) is 5.75 Å². The molecule has 162 valence electrons. The highest BCUT2D eigenvalue weighted by Crippen LogP contribution is 2.30. The minimum absolute atomic E-state index is 0.387. The number of halogens is 5. The number of piperidine rings is 1. The molecule has 1 aromatic rings. The molecule has 1 heterocycles. The SMILES string of the molecule is CC[C@H](C)[C@H](NC(=O)[C@H]1CCCCN1C)C(=O)Oc1c(F)c(F)c(F)c(F)c1F. The predicted molar refractivity (Wildman–Crippen MR) is 93.5 cm³/mol. The Morgan fingerprint density at radius 3 is 2.14 bits per heavy atom. The largest absolute Gasteiger partial charge is 0.418 e. The van der Waals surface area contributed by atoms with Gasteiger partial charge in [-0.15, -0.1) is 0 Å². The second-order valence-corrected chi connectivity index (χ2v) is 7.18. The van der Waals surface area contributed by atoms with Crippen LogP contribution in [0.25, 0.3) is 0 Å². The topological polar surface area (TPSA) is 58.6 Å². The van der Waals surface area contributed by atoms with Crippen molar-refractivity contribution in [1.82, 2.24) is 10.2 Å². The number of ether oxygens (including phenoxy) is 1. The average Bonchev–Trinajstić information content (AvgIpc) is 2.71. The number of rotatable bonds is 6. The van der Waals surface area contributed by atoms with Crippen molar-refractivity contribution in [2.75, 3.05) is 13.6 Å². The first-order chi connectivity index (χ1) is 13.6. The van der Waals surface area contributed by atoms with Gasteiger partial charge in [-0.2, -0.15) is 8.78 Å². The maximum atomic E-state index is 13.8. The maximum absolute atomic E-state index is 13.8. The molecule has 1 amide bonds. The second-order valence-electron chi connectivity index (χ2n) is 7.18. The van der Waals surface area contributed by atoms with Gasteiger partial charge in [-0.1, -0.05) is 26.7 Å². The van der Waals surface area contributed by atoms with E-state index in [-0.39, 0.29) is 0 Å². The van der Waals surface area contributed by atoms with E-state index in [9.17, 15) is 31.5 Å². The van der Waals surface area contributed by atoms with Gasteiger partial charge in [-0.25, -0.2) is 18.0 Å². The lowest BCUT2D eigenvalue weighted by Crippen LogP contribution is -2.54. The van der Waals surface area contributed by atoms with Crippen LogP contribution in [-0.4, -0.2) is 42.5 Å². The summed E-state index contributed by atoms with van der Waals surface area (Å²) in [4.78, 5) is 26.9. The van der Waals surface area contributed by atoms with Crippen molar-refractivity contribution >= 4 is 11.9 Å². The third-order valence-corrected chi connectivity index (χ3v) is 5.21. The minimum atomic E-state index is -2.35. The van der Waals surface area contributed by atoms with E-state index < -0.39 is 64.7 Å². The number of nitrogens with zero attached hydrogens (tertiary/aromatic N) is 1. The molecule has 0 unspecified atom stereocenters. The average molecular weight is 422 g/mol. The number of amides is 1. The van der Waals surface area contributed by atoms with Gasteiger partial charge in [0.15, 0.2) is 0 Å². The molecule has 1 saturated heterocycles. The molecule has 1 aliphatic rings. The lowest BCUT2D eigenvalue weighted by atomic mass is 9.97. The zero-order chi connectivity index (χ0) is 21.9. The standard InChI is InChI=1S/C19H23F5N2O3/c1-4-9(2)16(25-18(27)10-7-5-6-8-26(10)3)19(28)29-17-14(23)12(21)11(20)13(22)15(17)24/h9-10,16H,4-8H2,1-3H3,(H,25,27)/t9-,10+,16-/m0/s1. The molecule has 2 rings (SSSR count). The van der Waals surface area contributed by atoms with Crippen LogP contribution in [0.1, 0.15) is 39.5 Å². The summed E-state index contributed by atoms with van der Waals surface area (Å²) in [5.74, 6) is -15.3. The van der Waals surface area contributed by atoms with Crippen LogP contribution in [0.4, 0.5) is 22.0 Å². The third kappa shape index (κ3) is 4.85. The third-order valence-electron chi connectivity index (χ3n) is 5.21. The van der Waals surface area contributed by atoms with E-state index >= 15 is 0 Å². The van der Waals surface area contributed by atoms with E-state index in [1.54, 1.807) is 20.9 Å². The van der Waals surface area contributed by atoms with Crippen molar-refractivity contribution in [3.05, 3.63) is 29.1 Å². The Balaban J connectivity index is 2.25. The van der Waals surface area contributed by atoms with Crippen LogP contribution in [0.15, 0.2) is 0 Å². The molecule has 5 nitrogen and oxygen atoms in total. The quantitative estimate of drug-likeness (QED) is 0.251. The maximum Gasteiger partial charge on any atom is 0.334 e. The highest BCUT2D eigenvalue weighted by molar-refractivity contribution is 5.88. The Labute approximate surface area is 165 Å². The van der Waals surface area contributed by atoms with Crippen LogP contribution in [0, 0.1) is 35.0 Å². The zero-order valence-corrected chi connectivity index (χ0v) is 16.3. The van der Waals surface area contributed by atoms with Crippen molar-refractivity contribution in [2.45, 2.75) is 51.6 Å². The Morgan fingerprint density at radius 1 is 1.07 bits per heavy atom. The highest BCUT2D eigenvalue weighted by atomic mass is 19.2. The van der Waals surface area contributed by atoms with Crippen molar-refractivity contribution in [1.29, 1.82) is 0 Å². The summed E-state index contributed by atoms with van der Waals surface area (Å²) in [6, 6.07) is -1.81. The Bertz CT molecular complexity index is 761. The fourth-order valence-corrected chi connectivity index (χ4v) is 3.16. The summed E-state index contributed by atoms with van der Waals surface area (Å²) in [6.07, 6.45) is 2.71. The number of carbonyl (C=O) groups is 2. The fraction of sp³-hybridized carbons (Fsp3) is 0.579. The van der Waals surface area contributed by atoms with Crippen LogP contribution < -0.4 is 10.1 Å². The molecule has 0 aromatic heterocycles. The fourth-order valence-electron chi connectivity index (χ4n) is 3.16. The van der Waals surface area contributed by atoms with Gasteiger partial charge >= 0.3 is 5.97 Å². The number of hydrogen-bond donors (Lipinski definition) is 1. The smallest absolute Gasteiger partial charge is 0.334 e. The molecular weight excluding hydrogens is 399 g/mol. The molecule has 0 spiro atoms. The summed E-state index contributed by atoms with van der Waals surface area (Å²) in [5, 5.41) is 2.51. The number of nitrogens with one attached hydrogen (secondary N) is 1. The first kappa shape index (κ1) is 23.1. The van der Waals surface area contributed by atoms with Crippen LogP contribution >= 0.6 is 0 Å². The Hall–Kier alpha value is -2.23. The van der Waals surface area contributed by atoms with Gasteiger partial charge in [0, 0.05) is 0 Å². The molecule has 1 fully saturated rings. The van der Waals surface area contributed by atoms with Crippen LogP contribution in [-0.2, 0) is 9.59 Å². The van der Waals surface area contributed by atoms with Crippen molar-refractivity contribution in [2.24, 2.45) is 5.92 Å². The molecule has 0 bridgehead atoms. The molecule has 10 heteroatoms. The van der Waals surface area contributed by atoms with Gasteiger partial charge in [-0.3, -0.25) is 9.69 Å². The van der Waals surface area contributed by atoms with E-state index in [4.69, 9.17) is 0 Å². The molecule has 0 aliphatic carbocycles. The van der Waals surface area contributed by atoms with E-state index in [1.807, 2.05) is 4.90 Å². The van der Waals surface area contributed by atoms with Crippen LogP contribution in [0.2, 0.25) is 0 Å². The van der Waals surface area contributed by atoms with Gasteiger partial charge in [0.2, 0.25) is 40.7 Å². The first-order valence-corrected chi connectivity index (χ1v) is 9.33. The molecule has 0 radical (unpaired) electrons. The van der Waals surface area contributed by atoms with Gasteiger partial charge in [-0.05, 0) is 32.4 Å². The van der Waals surface area contributed by atoms with Crippen molar-refractivity contribution < 1.29 is 36.3 Å². The first-order valence-electron chi connectivity index (χ1n) is 9.33. The lowest BCUT2D eigenvalue weighted by Gasteiger charge is -2.33. The summed E-state index contributed by atoms with van der Waals surface area (Å²) in [5.41, 5.74) is 0. The van der Waals surface area contributed by atoms with E-state index in [0.29, 0.717) is 19.4 Å². The van der Waals surface area contributed by atoms with E-state index in [2.05, 4.69) is 10.1 Å². The monoisotopic (exact) mass is 422 g/mol. The molecule has 0 saturated carbocycles. The number of hydrogen-bond acceptors (Lipinski definition) is 4. The highest BCUT2D eigenvalue weighted by Gasteiger charge is 2.35. The number of esters is 1. The zero-order valence-electron chi connectivity index (χ0n) is 16.3. The second kappa shape index (κ2) is 9.51. The lowest BCUT2D eigenvalue weighted by molar-refractivity contribution is -0.142.